The highest BCUT2D eigenvalue weighted by atomic mass is 16.5. The molecule has 1 aromatic carbocycles. The van der Waals surface area contributed by atoms with E-state index in [1.807, 2.05) is 32.9 Å². The van der Waals surface area contributed by atoms with Crippen molar-refractivity contribution in [2.75, 3.05) is 13.2 Å². The molecule has 6 heteroatoms. The summed E-state index contributed by atoms with van der Waals surface area (Å²) >= 11 is 0. The number of ether oxygens (including phenoxy) is 1. The molecule has 2 heterocycles. The molecule has 0 aliphatic carbocycles. The Morgan fingerprint density at radius 1 is 1.30 bits per heavy atom. The summed E-state index contributed by atoms with van der Waals surface area (Å²) in [5.74, 6) is -0.200. The van der Waals surface area contributed by atoms with Gasteiger partial charge >= 0.3 is 0 Å². The van der Waals surface area contributed by atoms with Crippen LogP contribution in [0.15, 0.2) is 18.2 Å². The predicted octanol–water partition coefficient (Wildman–Crippen LogP) is 2.10. The number of nitrogens with zero attached hydrogens (tertiary/aromatic N) is 3. The molecule has 0 saturated carbocycles. The van der Waals surface area contributed by atoms with Gasteiger partial charge in [-0.05, 0) is 56.9 Å². The molecule has 1 amide bonds. The van der Waals surface area contributed by atoms with E-state index < -0.39 is 0 Å². The Kier molecular flexibility index (Phi) is 4.43. The molecule has 1 atom stereocenters. The van der Waals surface area contributed by atoms with Crippen molar-refractivity contribution in [3.8, 4) is 5.69 Å². The van der Waals surface area contributed by atoms with Gasteiger partial charge in [-0.1, -0.05) is 11.3 Å². The molecule has 6 nitrogen and oxygen atoms in total. The second kappa shape index (κ2) is 6.50. The van der Waals surface area contributed by atoms with Crippen LogP contribution in [0, 0.1) is 20.8 Å². The van der Waals surface area contributed by atoms with Crippen LogP contribution >= 0.6 is 0 Å². The van der Waals surface area contributed by atoms with Crippen molar-refractivity contribution < 1.29 is 9.53 Å². The van der Waals surface area contributed by atoms with Crippen LogP contribution in [0.2, 0.25) is 0 Å². The number of amides is 1. The average molecular weight is 314 g/mol. The van der Waals surface area contributed by atoms with Gasteiger partial charge in [-0.2, -0.15) is 0 Å². The number of carbonyl (C=O) groups excluding carboxylic acids is 1. The number of hydrogen-bond acceptors (Lipinski definition) is 4. The lowest BCUT2D eigenvalue weighted by Crippen LogP contribution is -2.32. The van der Waals surface area contributed by atoms with Crippen LogP contribution in [-0.4, -0.2) is 40.2 Å². The quantitative estimate of drug-likeness (QED) is 0.938. The molecule has 1 aliphatic rings. The van der Waals surface area contributed by atoms with E-state index in [1.165, 1.54) is 0 Å². The molecule has 23 heavy (non-hydrogen) atoms. The highest BCUT2D eigenvalue weighted by Crippen LogP contribution is 2.16. The summed E-state index contributed by atoms with van der Waals surface area (Å²) in [6.45, 7) is 7.24. The third-order valence-electron chi connectivity index (χ3n) is 4.07. The number of hydrogen-bond donors (Lipinski definition) is 1. The van der Waals surface area contributed by atoms with Gasteiger partial charge < -0.3 is 10.1 Å². The van der Waals surface area contributed by atoms with E-state index in [0.717, 1.165) is 42.0 Å². The zero-order valence-electron chi connectivity index (χ0n) is 13.8. The Morgan fingerprint density at radius 2 is 2.04 bits per heavy atom. The first-order chi connectivity index (χ1) is 11.0. The first kappa shape index (κ1) is 15.7. The molecule has 0 bridgehead atoms. The van der Waals surface area contributed by atoms with Crippen LogP contribution in [-0.2, 0) is 4.74 Å². The average Bonchev–Trinajstić information content (AvgIpc) is 3.13. The van der Waals surface area contributed by atoms with Gasteiger partial charge in [0.2, 0.25) is 0 Å². The lowest BCUT2D eigenvalue weighted by atomic mass is 10.1. The van der Waals surface area contributed by atoms with E-state index in [1.54, 1.807) is 4.68 Å². The van der Waals surface area contributed by atoms with Crippen molar-refractivity contribution in [2.24, 2.45) is 0 Å². The molecule has 0 radical (unpaired) electrons. The predicted molar refractivity (Wildman–Crippen MR) is 86.9 cm³/mol. The SMILES string of the molecule is Cc1cc(C)cc(-n2nnc(C(=O)NCC3CCCO3)c2C)c1. The molecule has 122 valence electrons. The molecule has 1 aliphatic heterocycles. The summed E-state index contributed by atoms with van der Waals surface area (Å²) in [6, 6.07) is 6.16. The number of nitrogens with one attached hydrogen (secondary N) is 1. The van der Waals surface area contributed by atoms with Crippen LogP contribution in [0.25, 0.3) is 5.69 Å². The van der Waals surface area contributed by atoms with Crippen LogP contribution in [0.5, 0.6) is 0 Å². The summed E-state index contributed by atoms with van der Waals surface area (Å²) in [5.41, 5.74) is 4.33. The number of aromatic nitrogens is 3. The van der Waals surface area contributed by atoms with E-state index in [0.29, 0.717) is 12.2 Å². The molecular formula is C17H22N4O2. The minimum atomic E-state index is -0.200. The summed E-state index contributed by atoms with van der Waals surface area (Å²) in [5, 5.41) is 11.1. The summed E-state index contributed by atoms with van der Waals surface area (Å²) in [4.78, 5) is 12.3. The summed E-state index contributed by atoms with van der Waals surface area (Å²) < 4.78 is 7.22. The topological polar surface area (TPSA) is 69.0 Å². The monoisotopic (exact) mass is 314 g/mol. The standard InChI is InChI=1S/C17H22N4O2/c1-11-7-12(2)9-14(8-11)21-13(3)16(19-20-21)17(22)18-10-15-5-4-6-23-15/h7-9,15H,4-6,10H2,1-3H3,(H,18,22). The molecule has 2 aromatic rings. The van der Waals surface area contributed by atoms with E-state index in [4.69, 9.17) is 4.74 Å². The van der Waals surface area contributed by atoms with Crippen LogP contribution in [0.3, 0.4) is 0 Å². The Labute approximate surface area is 135 Å². The fourth-order valence-corrected chi connectivity index (χ4v) is 2.95. The largest absolute Gasteiger partial charge is 0.376 e. The highest BCUT2D eigenvalue weighted by Gasteiger charge is 2.20. The lowest BCUT2D eigenvalue weighted by Gasteiger charge is -2.10. The fraction of sp³-hybridized carbons (Fsp3) is 0.471. The lowest BCUT2D eigenvalue weighted by molar-refractivity contribution is 0.0853. The zero-order valence-corrected chi connectivity index (χ0v) is 13.8. The maximum Gasteiger partial charge on any atom is 0.273 e. The summed E-state index contributed by atoms with van der Waals surface area (Å²) in [6.07, 6.45) is 2.17. The molecule has 1 saturated heterocycles. The normalized spacial score (nSPS) is 17.4. The molecular weight excluding hydrogens is 292 g/mol. The molecule has 1 N–H and O–H groups in total. The van der Waals surface area contributed by atoms with Gasteiger partial charge in [0.05, 0.1) is 17.5 Å². The second-order valence-corrected chi connectivity index (χ2v) is 6.13. The van der Waals surface area contributed by atoms with Gasteiger partial charge in [-0.3, -0.25) is 4.79 Å². The molecule has 1 fully saturated rings. The third kappa shape index (κ3) is 3.42. The van der Waals surface area contributed by atoms with Crippen molar-refractivity contribution in [1.29, 1.82) is 0 Å². The Balaban J connectivity index is 1.76. The smallest absolute Gasteiger partial charge is 0.273 e. The van der Waals surface area contributed by atoms with E-state index in [2.05, 4.69) is 21.7 Å². The number of benzene rings is 1. The fourth-order valence-electron chi connectivity index (χ4n) is 2.95. The van der Waals surface area contributed by atoms with Gasteiger partial charge in [-0.15, -0.1) is 5.10 Å². The van der Waals surface area contributed by atoms with Crippen molar-refractivity contribution in [3.05, 3.63) is 40.7 Å². The van der Waals surface area contributed by atoms with E-state index in [9.17, 15) is 4.79 Å². The van der Waals surface area contributed by atoms with Crippen LogP contribution in [0.4, 0.5) is 0 Å². The van der Waals surface area contributed by atoms with Gasteiger partial charge in [0.1, 0.15) is 0 Å². The van der Waals surface area contributed by atoms with Crippen LogP contribution in [0.1, 0.15) is 40.2 Å². The number of rotatable bonds is 4. The minimum absolute atomic E-state index is 0.119. The zero-order chi connectivity index (χ0) is 16.4. The van der Waals surface area contributed by atoms with Crippen molar-refractivity contribution in [2.45, 2.75) is 39.7 Å². The first-order valence-electron chi connectivity index (χ1n) is 7.95. The molecule has 3 rings (SSSR count). The molecule has 1 aromatic heterocycles. The van der Waals surface area contributed by atoms with Crippen molar-refractivity contribution >= 4 is 5.91 Å². The van der Waals surface area contributed by atoms with E-state index in [-0.39, 0.29) is 12.0 Å². The highest BCUT2D eigenvalue weighted by molar-refractivity contribution is 5.93. The van der Waals surface area contributed by atoms with E-state index >= 15 is 0 Å². The van der Waals surface area contributed by atoms with Crippen LogP contribution < -0.4 is 5.32 Å². The first-order valence-corrected chi connectivity index (χ1v) is 7.95. The molecule has 1 unspecified atom stereocenters. The van der Waals surface area contributed by atoms with Crippen molar-refractivity contribution in [1.82, 2.24) is 20.3 Å². The Bertz CT molecular complexity index is 697. The maximum absolute atomic E-state index is 12.3. The molecule has 0 spiro atoms. The van der Waals surface area contributed by atoms with Gasteiger partial charge in [0, 0.05) is 13.2 Å². The van der Waals surface area contributed by atoms with Gasteiger partial charge in [0.25, 0.3) is 5.91 Å². The second-order valence-electron chi connectivity index (χ2n) is 6.13. The van der Waals surface area contributed by atoms with Gasteiger partial charge in [-0.25, -0.2) is 4.68 Å². The Morgan fingerprint density at radius 3 is 2.70 bits per heavy atom. The van der Waals surface area contributed by atoms with Crippen molar-refractivity contribution in [3.63, 3.8) is 0 Å². The van der Waals surface area contributed by atoms with Gasteiger partial charge in [0.15, 0.2) is 5.69 Å². The Hall–Kier alpha value is -2.21. The number of aryl methyl sites for hydroxylation is 2. The minimum Gasteiger partial charge on any atom is -0.376 e. The third-order valence-corrected chi connectivity index (χ3v) is 4.07. The number of carbonyl (C=O) groups is 1. The summed E-state index contributed by atoms with van der Waals surface area (Å²) in [7, 11) is 0. The maximum atomic E-state index is 12.3.